The summed E-state index contributed by atoms with van der Waals surface area (Å²) in [5.74, 6) is 0.195. The van der Waals surface area contributed by atoms with E-state index in [0.29, 0.717) is 12.4 Å². The number of pyridine rings is 2. The van der Waals surface area contributed by atoms with Crippen LogP contribution in [0, 0.1) is 13.8 Å². The highest BCUT2D eigenvalue weighted by atomic mass is 16.5. The van der Waals surface area contributed by atoms with Crippen molar-refractivity contribution >= 4 is 11.6 Å². The molecular formula is C25H30N4O2. The van der Waals surface area contributed by atoms with Crippen LogP contribution in [0.5, 0.6) is 5.88 Å². The van der Waals surface area contributed by atoms with Gasteiger partial charge in [-0.15, -0.1) is 0 Å². The first kappa shape index (κ1) is 22.2. The van der Waals surface area contributed by atoms with Crippen LogP contribution in [-0.2, 0) is 4.79 Å². The molecule has 6 nitrogen and oxygen atoms in total. The van der Waals surface area contributed by atoms with Gasteiger partial charge in [0.2, 0.25) is 5.88 Å². The second-order valence-corrected chi connectivity index (χ2v) is 7.26. The fourth-order valence-electron chi connectivity index (χ4n) is 3.43. The van der Waals surface area contributed by atoms with Crippen LogP contribution >= 0.6 is 0 Å². The van der Waals surface area contributed by atoms with Crippen molar-refractivity contribution in [2.75, 3.05) is 13.2 Å². The average Bonchev–Trinajstić information content (AvgIpc) is 2.78. The largest absolute Gasteiger partial charge is 0.468 e. The molecule has 0 bridgehead atoms. The van der Waals surface area contributed by atoms with E-state index in [-0.39, 0.29) is 20.0 Å². The van der Waals surface area contributed by atoms with Gasteiger partial charge in [-0.2, -0.15) is 0 Å². The van der Waals surface area contributed by atoms with Gasteiger partial charge in [-0.05, 0) is 45.4 Å². The lowest BCUT2D eigenvalue weighted by molar-refractivity contribution is -0.123. The zero-order valence-corrected chi connectivity index (χ0v) is 18.4. The molecule has 3 rings (SSSR count). The van der Waals surface area contributed by atoms with Gasteiger partial charge < -0.3 is 10.1 Å². The minimum atomic E-state index is -0.225. The maximum absolute atomic E-state index is 12.3. The van der Waals surface area contributed by atoms with Crippen molar-refractivity contribution in [1.82, 2.24) is 15.3 Å². The quantitative estimate of drug-likeness (QED) is 0.548. The number of hydrogen-bond donors (Lipinski definition) is 1. The Kier molecular flexibility index (Phi) is 7.49. The van der Waals surface area contributed by atoms with Gasteiger partial charge in [-0.1, -0.05) is 36.4 Å². The highest BCUT2D eigenvalue weighted by molar-refractivity contribution is 6.14. The van der Waals surface area contributed by atoms with Crippen LogP contribution in [0.1, 0.15) is 49.4 Å². The van der Waals surface area contributed by atoms with Crippen LogP contribution in [0.25, 0.3) is 0 Å². The maximum Gasteiger partial charge on any atom is 0.258 e. The summed E-state index contributed by atoms with van der Waals surface area (Å²) < 4.78 is 5.68. The van der Waals surface area contributed by atoms with Crippen molar-refractivity contribution in [3.05, 3.63) is 88.9 Å². The van der Waals surface area contributed by atoms with E-state index >= 15 is 0 Å². The highest BCUT2D eigenvalue weighted by Crippen LogP contribution is 2.22. The van der Waals surface area contributed by atoms with Crippen LogP contribution in [0.4, 0.5) is 0 Å². The molecule has 0 fully saturated rings. The van der Waals surface area contributed by atoms with Crippen LogP contribution in [0.3, 0.4) is 0 Å². The second-order valence-electron chi connectivity index (χ2n) is 7.26. The van der Waals surface area contributed by atoms with E-state index < -0.39 is 0 Å². The molecule has 0 spiro atoms. The van der Waals surface area contributed by atoms with Gasteiger partial charge in [0.15, 0.2) is 6.61 Å². The Morgan fingerprint density at radius 1 is 1.16 bits per heavy atom. The lowest BCUT2D eigenvalue weighted by Crippen LogP contribution is -2.31. The van der Waals surface area contributed by atoms with E-state index in [1.165, 1.54) is 0 Å². The number of nitrogens with one attached hydrogen (secondary N) is 1. The summed E-state index contributed by atoms with van der Waals surface area (Å²) in [5.41, 5.74) is 5.57. The van der Waals surface area contributed by atoms with E-state index in [4.69, 9.17) is 9.73 Å². The normalized spacial score (nSPS) is 12.3. The molecule has 0 saturated carbocycles. The number of benzene rings is 1. The summed E-state index contributed by atoms with van der Waals surface area (Å²) in [6.45, 7) is 8.41. The predicted octanol–water partition coefficient (Wildman–Crippen LogP) is 4.45. The molecule has 0 aliphatic carbocycles. The Morgan fingerprint density at radius 3 is 2.55 bits per heavy atom. The van der Waals surface area contributed by atoms with Gasteiger partial charge >= 0.3 is 0 Å². The standard InChI is InChI=1S/C25H28N4O2.H2/c1-5-26-25(20-11-7-6-8-12-20)24-17(2)15-23(29-19(24)4)31-16-22(30)28-18(3)21-13-9-10-14-27-21;/h6-15,18H,5,16H2,1-4H3,(H,28,30);1H. The summed E-state index contributed by atoms with van der Waals surface area (Å²) in [5, 5.41) is 2.89. The van der Waals surface area contributed by atoms with Crippen molar-refractivity contribution in [1.29, 1.82) is 0 Å². The number of aryl methyl sites for hydroxylation is 2. The lowest BCUT2D eigenvalue weighted by atomic mass is 9.97. The van der Waals surface area contributed by atoms with E-state index in [0.717, 1.165) is 33.8 Å². The maximum atomic E-state index is 12.3. The van der Waals surface area contributed by atoms with Crippen molar-refractivity contribution in [3.8, 4) is 5.88 Å². The number of hydrogen-bond acceptors (Lipinski definition) is 5. The minimum Gasteiger partial charge on any atom is -0.468 e. The molecule has 1 aromatic carbocycles. The molecule has 6 heteroatoms. The molecule has 1 unspecified atom stereocenters. The summed E-state index contributed by atoms with van der Waals surface area (Å²) in [6, 6.07) is 17.3. The number of amides is 1. The first-order chi connectivity index (χ1) is 15.0. The summed E-state index contributed by atoms with van der Waals surface area (Å²) in [4.78, 5) is 25.9. The Morgan fingerprint density at radius 2 is 1.90 bits per heavy atom. The van der Waals surface area contributed by atoms with Gasteiger partial charge in [0.25, 0.3) is 5.91 Å². The highest BCUT2D eigenvalue weighted by Gasteiger charge is 2.16. The van der Waals surface area contributed by atoms with Crippen molar-refractivity contribution < 1.29 is 11.0 Å². The molecule has 2 aromatic heterocycles. The van der Waals surface area contributed by atoms with E-state index in [1.807, 2.05) is 82.3 Å². The number of ether oxygens (including phenoxy) is 1. The molecular weight excluding hydrogens is 388 g/mol. The Labute approximate surface area is 184 Å². The molecule has 0 aliphatic rings. The molecule has 1 N–H and O–H groups in total. The minimum absolute atomic E-state index is 0. The van der Waals surface area contributed by atoms with Gasteiger partial charge in [0.1, 0.15) is 0 Å². The molecule has 1 atom stereocenters. The Bertz CT molecular complexity index is 1030. The molecule has 0 aliphatic heterocycles. The third-order valence-electron chi connectivity index (χ3n) is 4.83. The summed E-state index contributed by atoms with van der Waals surface area (Å²) in [6.07, 6.45) is 1.71. The molecule has 2 heterocycles. The van der Waals surface area contributed by atoms with Gasteiger partial charge in [-0.3, -0.25) is 14.8 Å². The van der Waals surface area contributed by atoms with E-state index in [9.17, 15) is 4.79 Å². The third kappa shape index (κ3) is 5.75. The predicted molar refractivity (Wildman–Crippen MR) is 125 cm³/mol. The number of aromatic nitrogens is 2. The van der Waals surface area contributed by atoms with Crippen molar-refractivity contribution in [2.24, 2.45) is 4.99 Å². The number of nitrogens with zero attached hydrogens (tertiary/aromatic N) is 3. The summed E-state index contributed by atoms with van der Waals surface area (Å²) in [7, 11) is 0. The first-order valence-corrected chi connectivity index (χ1v) is 10.4. The number of aliphatic imine (C=N–C) groups is 1. The molecule has 31 heavy (non-hydrogen) atoms. The third-order valence-corrected chi connectivity index (χ3v) is 4.83. The lowest BCUT2D eigenvalue weighted by Gasteiger charge is -2.16. The Balaban J connectivity index is 0.00000363. The number of carbonyl (C=O) groups excluding carboxylic acids is 1. The Hall–Kier alpha value is -3.54. The van der Waals surface area contributed by atoms with E-state index in [2.05, 4.69) is 15.3 Å². The monoisotopic (exact) mass is 418 g/mol. The zero-order chi connectivity index (χ0) is 22.2. The summed E-state index contributed by atoms with van der Waals surface area (Å²) >= 11 is 0. The average molecular weight is 419 g/mol. The smallest absolute Gasteiger partial charge is 0.258 e. The van der Waals surface area contributed by atoms with Crippen LogP contribution in [0.2, 0.25) is 0 Å². The van der Waals surface area contributed by atoms with E-state index in [1.54, 1.807) is 6.20 Å². The second kappa shape index (κ2) is 10.5. The SMILES string of the molecule is CCN=C(c1ccccc1)c1c(C)cc(OCC(=O)NC(C)c2ccccn2)nc1C.[HH]. The number of rotatable bonds is 8. The molecule has 0 saturated heterocycles. The van der Waals surface area contributed by atoms with Crippen molar-refractivity contribution in [2.45, 2.75) is 33.7 Å². The zero-order valence-electron chi connectivity index (χ0n) is 18.4. The van der Waals surface area contributed by atoms with Crippen molar-refractivity contribution in [3.63, 3.8) is 0 Å². The van der Waals surface area contributed by atoms with Crippen LogP contribution < -0.4 is 10.1 Å². The molecule has 162 valence electrons. The van der Waals surface area contributed by atoms with Crippen LogP contribution in [-0.4, -0.2) is 34.7 Å². The fraction of sp³-hybridized carbons (Fsp3) is 0.280. The molecule has 1 amide bonds. The molecule has 0 radical (unpaired) electrons. The van der Waals surface area contributed by atoms with Gasteiger partial charge in [0, 0.05) is 31.4 Å². The topological polar surface area (TPSA) is 76.5 Å². The fourth-order valence-corrected chi connectivity index (χ4v) is 3.43. The van der Waals surface area contributed by atoms with Gasteiger partial charge in [0.05, 0.1) is 23.1 Å². The van der Waals surface area contributed by atoms with Crippen LogP contribution in [0.15, 0.2) is 65.8 Å². The van der Waals surface area contributed by atoms with Gasteiger partial charge in [-0.25, -0.2) is 4.98 Å². The first-order valence-electron chi connectivity index (χ1n) is 10.4. The number of carbonyl (C=O) groups is 1. The molecule has 3 aromatic rings.